The molecule has 184 valence electrons. The lowest BCUT2D eigenvalue weighted by molar-refractivity contribution is -0.127. The van der Waals surface area contributed by atoms with Gasteiger partial charge in [-0.1, -0.05) is 48.0 Å². The standard InChI is InChI=1S/C27H23IN2O5S/c1-17-8-10-20(11-9-17)29-24(31)15-30-26(32)23(36-27(30)33)14-19-12-21(28)25(22(13-19)34-2)35-16-18-6-4-3-5-7-18/h3-14H,15-16H2,1-2H3,(H,29,31)/b23-14+. The van der Waals surface area contributed by atoms with Gasteiger partial charge in [-0.3, -0.25) is 19.3 Å². The fourth-order valence-corrected chi connectivity index (χ4v) is 5.08. The quantitative estimate of drug-likeness (QED) is 0.253. The van der Waals surface area contributed by atoms with Gasteiger partial charge in [-0.05, 0) is 82.7 Å². The summed E-state index contributed by atoms with van der Waals surface area (Å²) in [7, 11) is 1.55. The number of hydrogen-bond donors (Lipinski definition) is 1. The Balaban J connectivity index is 1.46. The van der Waals surface area contributed by atoms with Crippen LogP contribution in [0.25, 0.3) is 6.08 Å². The van der Waals surface area contributed by atoms with Gasteiger partial charge in [-0.2, -0.15) is 0 Å². The van der Waals surface area contributed by atoms with Crippen LogP contribution in [0.5, 0.6) is 11.5 Å². The molecule has 3 aromatic carbocycles. The number of benzene rings is 3. The lowest BCUT2D eigenvalue weighted by atomic mass is 10.1. The highest BCUT2D eigenvalue weighted by molar-refractivity contribution is 14.1. The monoisotopic (exact) mass is 614 g/mol. The molecule has 0 aliphatic carbocycles. The normalized spacial score (nSPS) is 14.3. The van der Waals surface area contributed by atoms with Crippen molar-refractivity contribution >= 4 is 63.2 Å². The number of imide groups is 1. The van der Waals surface area contributed by atoms with Gasteiger partial charge in [-0.25, -0.2) is 0 Å². The minimum Gasteiger partial charge on any atom is -0.493 e. The predicted octanol–water partition coefficient (Wildman–Crippen LogP) is 5.86. The fraction of sp³-hybridized carbons (Fsp3) is 0.148. The van der Waals surface area contributed by atoms with E-state index in [-0.39, 0.29) is 11.4 Å². The molecule has 3 amide bonds. The number of carbonyl (C=O) groups excluding carboxylic acids is 3. The summed E-state index contributed by atoms with van der Waals surface area (Å²) >= 11 is 2.95. The van der Waals surface area contributed by atoms with Crippen molar-refractivity contribution < 1.29 is 23.9 Å². The first kappa shape index (κ1) is 25.8. The molecule has 0 saturated carbocycles. The van der Waals surface area contributed by atoms with Gasteiger partial charge >= 0.3 is 0 Å². The van der Waals surface area contributed by atoms with Crippen LogP contribution in [0.15, 0.2) is 71.6 Å². The van der Waals surface area contributed by atoms with Gasteiger partial charge < -0.3 is 14.8 Å². The Morgan fingerprint density at radius 2 is 1.81 bits per heavy atom. The number of methoxy groups -OCH3 is 1. The van der Waals surface area contributed by atoms with Crippen LogP contribution in [-0.2, 0) is 16.2 Å². The Hall–Kier alpha value is -3.31. The molecule has 7 nitrogen and oxygen atoms in total. The highest BCUT2D eigenvalue weighted by Crippen LogP contribution is 2.37. The van der Waals surface area contributed by atoms with E-state index in [2.05, 4.69) is 27.9 Å². The van der Waals surface area contributed by atoms with E-state index in [0.29, 0.717) is 29.4 Å². The van der Waals surface area contributed by atoms with Crippen LogP contribution in [-0.4, -0.2) is 35.6 Å². The number of ether oxygens (including phenoxy) is 2. The van der Waals surface area contributed by atoms with Crippen molar-refractivity contribution in [3.05, 3.63) is 91.9 Å². The number of nitrogens with zero attached hydrogens (tertiary/aromatic N) is 1. The molecular weight excluding hydrogens is 591 g/mol. The van der Waals surface area contributed by atoms with Gasteiger partial charge in [0.05, 0.1) is 15.6 Å². The van der Waals surface area contributed by atoms with E-state index in [1.165, 1.54) is 0 Å². The van der Waals surface area contributed by atoms with Gasteiger partial charge in [0.1, 0.15) is 13.2 Å². The van der Waals surface area contributed by atoms with Crippen LogP contribution >= 0.6 is 34.4 Å². The Labute approximate surface area is 227 Å². The van der Waals surface area contributed by atoms with Gasteiger partial charge in [0.2, 0.25) is 5.91 Å². The van der Waals surface area contributed by atoms with Crippen LogP contribution in [0.1, 0.15) is 16.7 Å². The Morgan fingerprint density at radius 1 is 1.08 bits per heavy atom. The Morgan fingerprint density at radius 3 is 2.50 bits per heavy atom. The Kier molecular flexibility index (Phi) is 8.32. The van der Waals surface area contributed by atoms with Gasteiger partial charge in [0.15, 0.2) is 11.5 Å². The zero-order chi connectivity index (χ0) is 25.7. The molecule has 0 radical (unpaired) electrons. The van der Waals surface area contributed by atoms with Crippen molar-refractivity contribution in [1.29, 1.82) is 0 Å². The number of anilines is 1. The first-order valence-electron chi connectivity index (χ1n) is 11.0. The summed E-state index contributed by atoms with van der Waals surface area (Å²) in [6.07, 6.45) is 1.62. The van der Waals surface area contributed by atoms with E-state index in [1.807, 2.05) is 55.5 Å². The smallest absolute Gasteiger partial charge is 0.294 e. The predicted molar refractivity (Wildman–Crippen MR) is 149 cm³/mol. The lowest BCUT2D eigenvalue weighted by Gasteiger charge is -2.14. The number of halogens is 1. The molecule has 1 N–H and O–H groups in total. The van der Waals surface area contributed by atoms with Gasteiger partial charge in [0.25, 0.3) is 11.1 Å². The molecule has 3 aromatic rings. The highest BCUT2D eigenvalue weighted by Gasteiger charge is 2.36. The average Bonchev–Trinajstić information content (AvgIpc) is 3.12. The topological polar surface area (TPSA) is 84.9 Å². The third-order valence-corrected chi connectivity index (χ3v) is 6.99. The molecule has 0 spiro atoms. The zero-order valence-corrected chi connectivity index (χ0v) is 22.6. The molecule has 1 saturated heterocycles. The summed E-state index contributed by atoms with van der Waals surface area (Å²) in [6, 6.07) is 20.7. The first-order chi connectivity index (χ1) is 17.3. The van der Waals surface area contributed by atoms with Gasteiger partial charge in [-0.15, -0.1) is 0 Å². The lowest BCUT2D eigenvalue weighted by Crippen LogP contribution is -2.36. The molecule has 1 heterocycles. The summed E-state index contributed by atoms with van der Waals surface area (Å²) in [5.41, 5.74) is 3.37. The van der Waals surface area contributed by atoms with Crippen LogP contribution in [0, 0.1) is 10.5 Å². The molecule has 4 rings (SSSR count). The largest absolute Gasteiger partial charge is 0.493 e. The van der Waals surface area contributed by atoms with E-state index in [0.717, 1.165) is 31.4 Å². The number of aryl methyl sites for hydroxylation is 1. The maximum absolute atomic E-state index is 12.9. The van der Waals surface area contributed by atoms with E-state index >= 15 is 0 Å². The van der Waals surface area contributed by atoms with Crippen molar-refractivity contribution in [3.8, 4) is 11.5 Å². The number of nitrogens with one attached hydrogen (secondary N) is 1. The number of thioether (sulfide) groups is 1. The van der Waals surface area contributed by atoms with Crippen molar-refractivity contribution in [3.63, 3.8) is 0 Å². The molecule has 1 fully saturated rings. The van der Waals surface area contributed by atoms with Gasteiger partial charge in [0, 0.05) is 5.69 Å². The molecule has 0 unspecified atom stereocenters. The van der Waals surface area contributed by atoms with Crippen LogP contribution in [0.3, 0.4) is 0 Å². The van der Waals surface area contributed by atoms with Crippen molar-refractivity contribution in [1.82, 2.24) is 4.90 Å². The van der Waals surface area contributed by atoms with E-state index in [9.17, 15) is 14.4 Å². The fourth-order valence-electron chi connectivity index (χ4n) is 3.46. The van der Waals surface area contributed by atoms with Crippen LogP contribution in [0.2, 0.25) is 0 Å². The second-order valence-corrected chi connectivity index (χ2v) is 10.1. The highest BCUT2D eigenvalue weighted by atomic mass is 127. The summed E-state index contributed by atoms with van der Waals surface area (Å²) in [4.78, 5) is 39.0. The first-order valence-corrected chi connectivity index (χ1v) is 12.9. The van der Waals surface area contributed by atoms with E-state index < -0.39 is 17.1 Å². The van der Waals surface area contributed by atoms with Crippen molar-refractivity contribution in [2.75, 3.05) is 19.0 Å². The summed E-state index contributed by atoms with van der Waals surface area (Å²) in [5, 5.41) is 2.22. The summed E-state index contributed by atoms with van der Waals surface area (Å²) in [6.45, 7) is 1.97. The molecular formula is C27H23IN2O5S. The summed E-state index contributed by atoms with van der Waals surface area (Å²) in [5.74, 6) is 0.154. The third-order valence-electron chi connectivity index (χ3n) is 5.29. The van der Waals surface area contributed by atoms with E-state index in [1.54, 1.807) is 31.4 Å². The maximum Gasteiger partial charge on any atom is 0.294 e. The second-order valence-electron chi connectivity index (χ2n) is 7.99. The number of amides is 3. The average molecular weight is 614 g/mol. The minimum absolute atomic E-state index is 0.235. The third kappa shape index (κ3) is 6.27. The molecule has 1 aliphatic rings. The van der Waals surface area contributed by atoms with Crippen LogP contribution < -0.4 is 14.8 Å². The SMILES string of the molecule is COc1cc(/C=C2/SC(=O)N(CC(=O)Nc3ccc(C)cc3)C2=O)cc(I)c1OCc1ccccc1. The molecule has 1 aliphatic heterocycles. The Bertz CT molecular complexity index is 1330. The second kappa shape index (κ2) is 11.6. The number of hydrogen-bond acceptors (Lipinski definition) is 6. The number of rotatable bonds is 8. The molecule has 36 heavy (non-hydrogen) atoms. The maximum atomic E-state index is 12.9. The molecule has 0 bridgehead atoms. The van der Waals surface area contributed by atoms with Crippen molar-refractivity contribution in [2.45, 2.75) is 13.5 Å². The summed E-state index contributed by atoms with van der Waals surface area (Å²) < 4.78 is 12.3. The zero-order valence-electron chi connectivity index (χ0n) is 19.6. The molecule has 9 heteroatoms. The minimum atomic E-state index is -0.512. The van der Waals surface area contributed by atoms with E-state index in [4.69, 9.17) is 9.47 Å². The molecule has 0 aromatic heterocycles. The van der Waals surface area contributed by atoms with Crippen molar-refractivity contribution in [2.24, 2.45) is 0 Å². The van der Waals surface area contributed by atoms with Crippen LogP contribution in [0.4, 0.5) is 10.5 Å². The number of carbonyl (C=O) groups is 3. The molecule has 0 atom stereocenters.